The lowest BCUT2D eigenvalue weighted by Crippen LogP contribution is -2.36. The molecule has 2 aromatic carbocycles. The van der Waals surface area contributed by atoms with E-state index in [9.17, 15) is 21.6 Å². The van der Waals surface area contributed by atoms with Gasteiger partial charge in [0.2, 0.25) is 15.9 Å². The fraction of sp³-hybridized carbons (Fsp3) is 0.278. The Morgan fingerprint density at radius 1 is 1.00 bits per heavy atom. The summed E-state index contributed by atoms with van der Waals surface area (Å²) in [5, 5.41) is 8.68. The van der Waals surface area contributed by atoms with E-state index in [0.29, 0.717) is 6.42 Å². The normalized spacial score (nSPS) is 12.1. The molecule has 0 spiro atoms. The van der Waals surface area contributed by atoms with Crippen molar-refractivity contribution in [1.29, 1.82) is 0 Å². The second-order valence-corrected chi connectivity index (χ2v) is 10.7. The van der Waals surface area contributed by atoms with Crippen molar-refractivity contribution in [2.24, 2.45) is 0 Å². The van der Waals surface area contributed by atoms with Crippen molar-refractivity contribution in [2.75, 3.05) is 19.3 Å². The van der Waals surface area contributed by atoms with Crippen LogP contribution in [0.5, 0.6) is 0 Å². The first-order valence-electron chi connectivity index (χ1n) is 8.56. The standard InChI is InChI=1S/C18H22N2O6S3/c1-28(23,24)15-6-8-16(9-7-15)29(25,26)20(13-11-18(21)19-22)12-10-14-4-2-3-5-17(14)27/h2-9,22,27H,10-13H2,1H3,(H,19,21). The summed E-state index contributed by atoms with van der Waals surface area (Å²) in [6.45, 7) is -0.0796. The van der Waals surface area contributed by atoms with Gasteiger partial charge in [-0.25, -0.2) is 22.3 Å². The summed E-state index contributed by atoms with van der Waals surface area (Å²) in [6.07, 6.45) is 1.16. The number of thiol groups is 1. The van der Waals surface area contributed by atoms with Gasteiger partial charge in [0.05, 0.1) is 9.79 Å². The van der Waals surface area contributed by atoms with Gasteiger partial charge in [0.15, 0.2) is 9.84 Å². The fourth-order valence-corrected chi connectivity index (χ4v) is 4.95. The Balaban J connectivity index is 2.29. The van der Waals surface area contributed by atoms with Crippen LogP contribution in [-0.4, -0.2) is 51.6 Å². The summed E-state index contributed by atoms with van der Waals surface area (Å²) >= 11 is 4.36. The first-order valence-corrected chi connectivity index (χ1v) is 12.3. The lowest BCUT2D eigenvalue weighted by Gasteiger charge is -2.22. The van der Waals surface area contributed by atoms with E-state index in [-0.39, 0.29) is 29.3 Å². The number of sulfonamides is 1. The van der Waals surface area contributed by atoms with Crippen LogP contribution in [0.1, 0.15) is 12.0 Å². The van der Waals surface area contributed by atoms with E-state index in [1.165, 1.54) is 29.7 Å². The topological polar surface area (TPSA) is 121 Å². The van der Waals surface area contributed by atoms with E-state index in [1.807, 2.05) is 18.2 Å². The zero-order chi connectivity index (χ0) is 21.7. The third kappa shape index (κ3) is 6.28. The molecule has 11 heteroatoms. The molecule has 0 fully saturated rings. The first-order chi connectivity index (χ1) is 13.6. The van der Waals surface area contributed by atoms with Gasteiger partial charge < -0.3 is 0 Å². The first kappa shape index (κ1) is 23.4. The molecular formula is C18H22N2O6S3. The van der Waals surface area contributed by atoms with Crippen LogP contribution in [0.3, 0.4) is 0 Å². The molecule has 158 valence electrons. The van der Waals surface area contributed by atoms with Gasteiger partial charge in [-0.05, 0) is 42.3 Å². The summed E-state index contributed by atoms with van der Waals surface area (Å²) in [7, 11) is -7.46. The molecule has 0 aromatic heterocycles. The highest BCUT2D eigenvalue weighted by atomic mass is 32.2. The zero-order valence-electron chi connectivity index (χ0n) is 15.6. The maximum absolute atomic E-state index is 13.1. The van der Waals surface area contributed by atoms with Gasteiger partial charge in [0.1, 0.15) is 0 Å². The van der Waals surface area contributed by atoms with Gasteiger partial charge in [-0.2, -0.15) is 4.31 Å². The van der Waals surface area contributed by atoms with Crippen LogP contribution in [0.4, 0.5) is 0 Å². The zero-order valence-corrected chi connectivity index (χ0v) is 18.2. The number of hydrogen-bond donors (Lipinski definition) is 3. The number of carbonyl (C=O) groups is 1. The van der Waals surface area contributed by atoms with Gasteiger partial charge in [-0.1, -0.05) is 18.2 Å². The van der Waals surface area contributed by atoms with Crippen LogP contribution in [0.15, 0.2) is 63.2 Å². The lowest BCUT2D eigenvalue weighted by atomic mass is 10.1. The molecule has 8 nitrogen and oxygen atoms in total. The van der Waals surface area contributed by atoms with Crippen molar-refractivity contribution < 1.29 is 26.8 Å². The minimum atomic E-state index is -4.00. The smallest absolute Gasteiger partial charge is 0.244 e. The van der Waals surface area contributed by atoms with Crippen LogP contribution in [-0.2, 0) is 31.1 Å². The molecule has 0 aliphatic carbocycles. The Bertz CT molecular complexity index is 1070. The molecule has 2 rings (SSSR count). The summed E-state index contributed by atoms with van der Waals surface area (Å²) in [5.74, 6) is -0.716. The van der Waals surface area contributed by atoms with Crippen molar-refractivity contribution in [3.63, 3.8) is 0 Å². The molecule has 29 heavy (non-hydrogen) atoms. The number of amides is 1. The maximum Gasteiger partial charge on any atom is 0.244 e. The summed E-state index contributed by atoms with van der Waals surface area (Å²) in [6, 6.07) is 12.1. The van der Waals surface area contributed by atoms with Crippen LogP contribution in [0, 0.1) is 0 Å². The Morgan fingerprint density at radius 3 is 2.14 bits per heavy atom. The molecular weight excluding hydrogens is 436 g/mol. The lowest BCUT2D eigenvalue weighted by molar-refractivity contribution is -0.129. The largest absolute Gasteiger partial charge is 0.289 e. The van der Waals surface area contributed by atoms with Crippen molar-refractivity contribution in [2.45, 2.75) is 27.5 Å². The minimum Gasteiger partial charge on any atom is -0.289 e. The average molecular weight is 459 g/mol. The highest BCUT2D eigenvalue weighted by Crippen LogP contribution is 2.21. The van der Waals surface area contributed by atoms with Crippen LogP contribution in [0.25, 0.3) is 0 Å². The Morgan fingerprint density at radius 2 is 1.59 bits per heavy atom. The molecule has 0 saturated heterocycles. The number of hydroxylamine groups is 1. The molecule has 1 amide bonds. The summed E-state index contributed by atoms with van der Waals surface area (Å²) in [4.78, 5) is 12.0. The highest BCUT2D eigenvalue weighted by molar-refractivity contribution is 7.90. The Labute approximate surface area is 175 Å². The fourth-order valence-electron chi connectivity index (χ4n) is 2.61. The van der Waals surface area contributed by atoms with E-state index < -0.39 is 25.8 Å². The van der Waals surface area contributed by atoms with Gasteiger partial charge >= 0.3 is 0 Å². The molecule has 0 bridgehead atoms. The molecule has 2 N–H and O–H groups in total. The quantitative estimate of drug-likeness (QED) is 0.298. The predicted octanol–water partition coefficient (Wildman–Crippen LogP) is 1.51. The molecule has 2 aromatic rings. The Kier molecular flexibility index (Phi) is 7.83. The van der Waals surface area contributed by atoms with Crippen molar-refractivity contribution in [3.8, 4) is 0 Å². The Hall–Kier alpha value is -1.92. The van der Waals surface area contributed by atoms with E-state index in [4.69, 9.17) is 5.21 Å². The second kappa shape index (κ2) is 9.72. The maximum atomic E-state index is 13.1. The van der Waals surface area contributed by atoms with Crippen molar-refractivity contribution in [1.82, 2.24) is 9.79 Å². The molecule has 0 radical (unpaired) electrons. The molecule has 0 heterocycles. The number of nitrogens with one attached hydrogen (secondary N) is 1. The number of benzene rings is 2. The van der Waals surface area contributed by atoms with Gasteiger partial charge in [-0.3, -0.25) is 10.0 Å². The third-order valence-electron chi connectivity index (χ3n) is 4.22. The van der Waals surface area contributed by atoms with Gasteiger partial charge in [0.25, 0.3) is 0 Å². The van der Waals surface area contributed by atoms with Crippen LogP contribution in [0.2, 0.25) is 0 Å². The molecule has 0 saturated carbocycles. The summed E-state index contributed by atoms with van der Waals surface area (Å²) in [5.41, 5.74) is 2.32. The predicted molar refractivity (Wildman–Crippen MR) is 110 cm³/mol. The third-order valence-corrected chi connectivity index (χ3v) is 7.70. The van der Waals surface area contributed by atoms with Crippen molar-refractivity contribution in [3.05, 3.63) is 54.1 Å². The highest BCUT2D eigenvalue weighted by Gasteiger charge is 2.25. The minimum absolute atomic E-state index is 0.00617. The van der Waals surface area contributed by atoms with Crippen molar-refractivity contribution >= 4 is 38.4 Å². The SMILES string of the molecule is CS(=O)(=O)c1ccc(S(=O)(=O)N(CCC(=O)NO)CCc2ccccc2S)cc1. The number of nitrogens with zero attached hydrogens (tertiary/aromatic N) is 1. The van der Waals surface area contributed by atoms with Gasteiger partial charge in [0, 0.05) is 30.7 Å². The number of carbonyl (C=O) groups excluding carboxylic acids is 1. The van der Waals surface area contributed by atoms with Crippen LogP contribution >= 0.6 is 12.6 Å². The van der Waals surface area contributed by atoms with E-state index in [2.05, 4.69) is 12.6 Å². The number of hydrogen-bond acceptors (Lipinski definition) is 7. The monoisotopic (exact) mass is 458 g/mol. The average Bonchev–Trinajstić information content (AvgIpc) is 2.68. The molecule has 0 aliphatic rings. The van der Waals surface area contributed by atoms with E-state index in [0.717, 1.165) is 21.0 Å². The number of sulfone groups is 1. The van der Waals surface area contributed by atoms with Gasteiger partial charge in [-0.15, -0.1) is 12.6 Å². The summed E-state index contributed by atoms with van der Waals surface area (Å²) < 4.78 is 50.4. The molecule has 0 atom stereocenters. The van der Waals surface area contributed by atoms with E-state index >= 15 is 0 Å². The van der Waals surface area contributed by atoms with E-state index in [1.54, 1.807) is 6.07 Å². The number of rotatable bonds is 9. The van der Waals surface area contributed by atoms with Crippen LogP contribution < -0.4 is 5.48 Å². The second-order valence-electron chi connectivity index (χ2n) is 6.31. The molecule has 0 aliphatic heterocycles. The molecule has 0 unspecified atom stereocenters.